The van der Waals surface area contributed by atoms with E-state index in [2.05, 4.69) is 0 Å². The number of hydrogen-bond donors (Lipinski definition) is 2. The largest absolute Gasteiger partial charge is 0.508 e. The molecule has 0 saturated carbocycles. The summed E-state index contributed by atoms with van der Waals surface area (Å²) in [7, 11) is 0. The van der Waals surface area contributed by atoms with Crippen LogP contribution in [0.1, 0.15) is 37.0 Å². The number of aromatic hydroxyl groups is 1. The normalized spacial score (nSPS) is 15.6. The lowest BCUT2D eigenvalue weighted by Crippen LogP contribution is -2.18. The summed E-state index contributed by atoms with van der Waals surface area (Å²) >= 11 is 0. The maximum absolute atomic E-state index is 9.97. The summed E-state index contributed by atoms with van der Waals surface area (Å²) in [6, 6.07) is 3.66. The molecule has 0 unspecified atom stereocenters. The molecule has 1 aromatic carbocycles. The average molecular weight is 192 g/mol. The second-order valence-corrected chi connectivity index (χ2v) is 4.51. The molecule has 14 heavy (non-hydrogen) atoms. The Labute approximate surface area is 84.2 Å². The van der Waals surface area contributed by atoms with Gasteiger partial charge in [-0.1, -0.05) is 6.07 Å². The number of hydrogen-bond acceptors (Lipinski definition) is 2. The predicted molar refractivity (Wildman–Crippen MR) is 55.4 cm³/mol. The Hall–Kier alpha value is -1.02. The number of rotatable bonds is 1. The molecule has 2 heteroatoms. The van der Waals surface area contributed by atoms with Gasteiger partial charge < -0.3 is 10.2 Å². The van der Waals surface area contributed by atoms with Crippen molar-refractivity contribution in [1.29, 1.82) is 0 Å². The topological polar surface area (TPSA) is 40.5 Å². The molecule has 76 valence electrons. The molecule has 0 bridgehead atoms. The van der Waals surface area contributed by atoms with Gasteiger partial charge in [0.2, 0.25) is 0 Å². The molecular weight excluding hydrogens is 176 g/mol. The van der Waals surface area contributed by atoms with Gasteiger partial charge in [-0.15, -0.1) is 0 Å². The van der Waals surface area contributed by atoms with Crippen LogP contribution in [0, 0.1) is 0 Å². The van der Waals surface area contributed by atoms with Crippen LogP contribution >= 0.6 is 0 Å². The second-order valence-electron chi connectivity index (χ2n) is 4.51. The Kier molecular flexibility index (Phi) is 2.04. The Bertz CT molecular complexity index is 361. The SMILES string of the molecule is CC(C)(O)c1c(O)ccc2c1CCC2. The summed E-state index contributed by atoms with van der Waals surface area (Å²) in [5.41, 5.74) is 2.20. The molecule has 2 nitrogen and oxygen atoms in total. The molecule has 2 rings (SSSR count). The van der Waals surface area contributed by atoms with E-state index in [0.717, 1.165) is 24.8 Å². The van der Waals surface area contributed by atoms with Gasteiger partial charge in [0.15, 0.2) is 0 Å². The fourth-order valence-electron chi connectivity index (χ4n) is 2.34. The second kappa shape index (κ2) is 2.99. The lowest BCUT2D eigenvalue weighted by Gasteiger charge is -2.22. The summed E-state index contributed by atoms with van der Waals surface area (Å²) in [6.45, 7) is 3.45. The molecule has 0 amide bonds. The minimum absolute atomic E-state index is 0.221. The summed E-state index contributed by atoms with van der Waals surface area (Å²) < 4.78 is 0. The van der Waals surface area contributed by atoms with Crippen molar-refractivity contribution in [2.75, 3.05) is 0 Å². The van der Waals surface area contributed by atoms with Crippen molar-refractivity contribution in [2.24, 2.45) is 0 Å². The Morgan fingerprint density at radius 1 is 1.21 bits per heavy atom. The fraction of sp³-hybridized carbons (Fsp3) is 0.500. The smallest absolute Gasteiger partial charge is 0.121 e. The summed E-state index contributed by atoms with van der Waals surface area (Å²) in [6.07, 6.45) is 3.17. The minimum atomic E-state index is -0.945. The van der Waals surface area contributed by atoms with Crippen molar-refractivity contribution in [1.82, 2.24) is 0 Å². The molecule has 0 fully saturated rings. The van der Waals surface area contributed by atoms with E-state index >= 15 is 0 Å². The van der Waals surface area contributed by atoms with Gasteiger partial charge >= 0.3 is 0 Å². The molecule has 2 N–H and O–H groups in total. The maximum atomic E-state index is 9.97. The summed E-state index contributed by atoms with van der Waals surface area (Å²) in [5, 5.41) is 19.7. The van der Waals surface area contributed by atoms with Crippen LogP contribution in [0.5, 0.6) is 5.75 Å². The minimum Gasteiger partial charge on any atom is -0.508 e. The third-order valence-electron chi connectivity index (χ3n) is 2.87. The standard InChI is InChI=1S/C12H16O2/c1-12(2,14)11-9-5-3-4-8(9)6-7-10(11)13/h6-7,13-14H,3-5H2,1-2H3. The van der Waals surface area contributed by atoms with E-state index in [1.54, 1.807) is 19.9 Å². The Morgan fingerprint density at radius 3 is 2.57 bits per heavy atom. The van der Waals surface area contributed by atoms with Crippen LogP contribution in [-0.4, -0.2) is 10.2 Å². The number of phenols is 1. The first-order valence-electron chi connectivity index (χ1n) is 5.07. The third-order valence-corrected chi connectivity index (χ3v) is 2.87. The first kappa shape index (κ1) is 9.53. The lowest BCUT2D eigenvalue weighted by molar-refractivity contribution is 0.0749. The van der Waals surface area contributed by atoms with Crippen molar-refractivity contribution in [3.05, 3.63) is 28.8 Å². The molecule has 1 aromatic rings. The molecule has 0 saturated heterocycles. The van der Waals surface area contributed by atoms with E-state index in [1.807, 2.05) is 6.07 Å². The van der Waals surface area contributed by atoms with E-state index in [-0.39, 0.29) is 5.75 Å². The van der Waals surface area contributed by atoms with E-state index in [1.165, 1.54) is 5.56 Å². The molecule has 0 heterocycles. The van der Waals surface area contributed by atoms with Gasteiger partial charge in [0.05, 0.1) is 5.60 Å². The van der Waals surface area contributed by atoms with E-state index < -0.39 is 5.60 Å². The van der Waals surface area contributed by atoms with Crippen LogP contribution in [0.15, 0.2) is 12.1 Å². The van der Waals surface area contributed by atoms with Crippen LogP contribution in [-0.2, 0) is 18.4 Å². The highest BCUT2D eigenvalue weighted by molar-refractivity contribution is 5.49. The van der Waals surface area contributed by atoms with Gasteiger partial charge in [-0.3, -0.25) is 0 Å². The van der Waals surface area contributed by atoms with Gasteiger partial charge in [-0.05, 0) is 50.3 Å². The zero-order valence-corrected chi connectivity index (χ0v) is 8.67. The lowest BCUT2D eigenvalue weighted by atomic mass is 9.90. The van der Waals surface area contributed by atoms with Crippen LogP contribution in [0.2, 0.25) is 0 Å². The van der Waals surface area contributed by atoms with Crippen molar-refractivity contribution >= 4 is 0 Å². The van der Waals surface area contributed by atoms with Gasteiger partial charge in [0, 0.05) is 5.56 Å². The number of aliphatic hydroxyl groups is 1. The monoisotopic (exact) mass is 192 g/mol. The molecule has 0 aliphatic heterocycles. The molecular formula is C12H16O2. The molecule has 1 aliphatic rings. The number of aryl methyl sites for hydroxylation is 1. The zero-order valence-electron chi connectivity index (χ0n) is 8.67. The van der Waals surface area contributed by atoms with Gasteiger partial charge in [0.25, 0.3) is 0 Å². The number of fused-ring (bicyclic) bond motifs is 1. The van der Waals surface area contributed by atoms with Crippen LogP contribution in [0.3, 0.4) is 0 Å². The van der Waals surface area contributed by atoms with Crippen molar-refractivity contribution in [2.45, 2.75) is 38.7 Å². The zero-order chi connectivity index (χ0) is 10.3. The molecule has 0 radical (unpaired) electrons. The van der Waals surface area contributed by atoms with E-state index in [4.69, 9.17) is 0 Å². The van der Waals surface area contributed by atoms with Crippen molar-refractivity contribution < 1.29 is 10.2 Å². The average Bonchev–Trinajstić information content (AvgIpc) is 2.48. The molecule has 0 spiro atoms. The first-order valence-corrected chi connectivity index (χ1v) is 5.07. The fourth-order valence-corrected chi connectivity index (χ4v) is 2.34. The van der Waals surface area contributed by atoms with Gasteiger partial charge in [-0.2, -0.15) is 0 Å². The Morgan fingerprint density at radius 2 is 1.93 bits per heavy atom. The van der Waals surface area contributed by atoms with Crippen LogP contribution < -0.4 is 0 Å². The van der Waals surface area contributed by atoms with Crippen LogP contribution in [0.4, 0.5) is 0 Å². The Balaban J connectivity index is 2.63. The van der Waals surface area contributed by atoms with Crippen molar-refractivity contribution in [3.63, 3.8) is 0 Å². The molecule has 0 atom stereocenters. The van der Waals surface area contributed by atoms with E-state index in [9.17, 15) is 10.2 Å². The van der Waals surface area contributed by atoms with Crippen molar-refractivity contribution in [3.8, 4) is 5.75 Å². The van der Waals surface area contributed by atoms with Crippen LogP contribution in [0.25, 0.3) is 0 Å². The van der Waals surface area contributed by atoms with E-state index in [0.29, 0.717) is 5.56 Å². The summed E-state index contributed by atoms with van der Waals surface area (Å²) in [4.78, 5) is 0. The molecule has 0 aromatic heterocycles. The number of benzene rings is 1. The van der Waals surface area contributed by atoms with Gasteiger partial charge in [0.1, 0.15) is 5.75 Å². The third kappa shape index (κ3) is 1.40. The van der Waals surface area contributed by atoms with Gasteiger partial charge in [-0.25, -0.2) is 0 Å². The predicted octanol–water partition coefficient (Wildman–Crippen LogP) is 2.11. The maximum Gasteiger partial charge on any atom is 0.121 e. The first-order chi connectivity index (χ1) is 6.50. The highest BCUT2D eigenvalue weighted by Gasteiger charge is 2.27. The summed E-state index contributed by atoms with van der Waals surface area (Å²) in [5.74, 6) is 0.221. The molecule has 1 aliphatic carbocycles. The highest BCUT2D eigenvalue weighted by atomic mass is 16.3. The number of phenolic OH excluding ortho intramolecular Hbond substituents is 1. The highest BCUT2D eigenvalue weighted by Crippen LogP contribution is 2.37. The quantitative estimate of drug-likeness (QED) is 0.715.